The molecule has 1 aliphatic rings. The van der Waals surface area contributed by atoms with Crippen LogP contribution in [0.1, 0.15) is 24.0 Å². The average molecular weight is 379 g/mol. The van der Waals surface area contributed by atoms with Gasteiger partial charge in [0.2, 0.25) is 0 Å². The topological polar surface area (TPSA) is 75.8 Å². The first-order chi connectivity index (χ1) is 12.0. The van der Waals surface area contributed by atoms with Crippen LogP contribution in [0.2, 0.25) is 0 Å². The maximum Gasteiger partial charge on any atom is 0.269 e. The van der Waals surface area contributed by atoms with E-state index in [1.165, 1.54) is 12.1 Å². The summed E-state index contributed by atoms with van der Waals surface area (Å²) in [5, 5.41) is 21.9. The largest absolute Gasteiger partial charge is 0.497 e. The summed E-state index contributed by atoms with van der Waals surface area (Å²) in [6, 6.07) is 14.2. The first-order valence-electron chi connectivity index (χ1n) is 8.33. The van der Waals surface area contributed by atoms with Crippen LogP contribution in [0, 0.1) is 10.1 Å². The summed E-state index contributed by atoms with van der Waals surface area (Å²) in [6.45, 7) is 2.07. The number of hydrogen-bond acceptors (Lipinski definition) is 5. The van der Waals surface area contributed by atoms with Crippen LogP contribution in [0.5, 0.6) is 5.75 Å². The Morgan fingerprint density at radius 3 is 2.65 bits per heavy atom. The van der Waals surface area contributed by atoms with Crippen molar-refractivity contribution in [3.63, 3.8) is 0 Å². The lowest BCUT2D eigenvalue weighted by Gasteiger charge is -2.39. The summed E-state index contributed by atoms with van der Waals surface area (Å²) in [7, 11) is 1.62. The molecule has 6 nitrogen and oxygen atoms in total. The van der Waals surface area contributed by atoms with Crippen molar-refractivity contribution in [3.05, 3.63) is 69.8 Å². The summed E-state index contributed by atoms with van der Waals surface area (Å²) in [5.74, 6) is 0.735. The smallest absolute Gasteiger partial charge is 0.269 e. The summed E-state index contributed by atoms with van der Waals surface area (Å²) >= 11 is 0. The second kappa shape index (κ2) is 8.49. The van der Waals surface area contributed by atoms with Gasteiger partial charge in [-0.3, -0.25) is 15.0 Å². The van der Waals surface area contributed by atoms with Crippen molar-refractivity contribution in [2.75, 3.05) is 20.2 Å². The van der Waals surface area contributed by atoms with Gasteiger partial charge in [0.25, 0.3) is 5.69 Å². The number of β-amino-alcohol motifs (C(OH)–C–C–N with tert-alkyl or cyclic N) is 1. The molecular weight excluding hydrogens is 356 g/mol. The quantitative estimate of drug-likeness (QED) is 0.636. The Morgan fingerprint density at radius 2 is 2.00 bits per heavy atom. The van der Waals surface area contributed by atoms with E-state index in [1.54, 1.807) is 19.2 Å². The average Bonchev–Trinajstić information content (AvgIpc) is 2.62. The molecule has 0 aromatic heterocycles. The van der Waals surface area contributed by atoms with Crippen molar-refractivity contribution in [1.82, 2.24) is 4.90 Å². The fourth-order valence-corrected chi connectivity index (χ4v) is 3.39. The van der Waals surface area contributed by atoms with Crippen molar-refractivity contribution in [1.29, 1.82) is 0 Å². The molecular formula is C19H23ClN2O4. The molecule has 2 aromatic rings. The molecule has 1 fully saturated rings. The van der Waals surface area contributed by atoms with Crippen molar-refractivity contribution < 1.29 is 14.8 Å². The Hall–Kier alpha value is -2.15. The number of non-ortho nitro benzene ring substituents is 1. The van der Waals surface area contributed by atoms with Gasteiger partial charge in [-0.25, -0.2) is 0 Å². The van der Waals surface area contributed by atoms with Gasteiger partial charge in [-0.05, 0) is 42.6 Å². The summed E-state index contributed by atoms with van der Waals surface area (Å²) in [6.07, 6.45) is 1.59. The molecule has 7 heteroatoms. The van der Waals surface area contributed by atoms with E-state index in [9.17, 15) is 15.2 Å². The Labute approximate surface area is 159 Å². The lowest BCUT2D eigenvalue weighted by Crippen LogP contribution is -2.45. The predicted molar refractivity (Wildman–Crippen MR) is 102 cm³/mol. The Balaban J connectivity index is 0.00000243. The fraction of sp³-hybridized carbons (Fsp3) is 0.368. The molecule has 1 atom stereocenters. The molecule has 140 valence electrons. The number of hydrogen-bond donors (Lipinski definition) is 1. The van der Waals surface area contributed by atoms with Gasteiger partial charge in [0.05, 0.1) is 12.0 Å². The number of methoxy groups -OCH3 is 1. The van der Waals surface area contributed by atoms with Crippen LogP contribution in [0.25, 0.3) is 0 Å². The minimum absolute atomic E-state index is 0. The molecule has 3 rings (SSSR count). The number of aliphatic hydroxyl groups is 1. The highest BCUT2D eigenvalue weighted by atomic mass is 35.5. The molecule has 26 heavy (non-hydrogen) atoms. The fourth-order valence-electron chi connectivity index (χ4n) is 3.39. The Morgan fingerprint density at radius 1 is 1.27 bits per heavy atom. The van der Waals surface area contributed by atoms with Gasteiger partial charge in [0, 0.05) is 25.2 Å². The highest BCUT2D eigenvalue weighted by molar-refractivity contribution is 5.85. The first-order valence-corrected chi connectivity index (χ1v) is 8.33. The second-order valence-electron chi connectivity index (χ2n) is 6.50. The molecule has 0 amide bonds. The van der Waals surface area contributed by atoms with Crippen molar-refractivity contribution in [2.45, 2.75) is 25.0 Å². The number of likely N-dealkylation sites (tertiary alicyclic amines) is 1. The molecule has 0 spiro atoms. The van der Waals surface area contributed by atoms with Gasteiger partial charge < -0.3 is 9.84 Å². The third-order valence-electron chi connectivity index (χ3n) is 4.71. The zero-order valence-electron chi connectivity index (χ0n) is 14.6. The molecule has 2 aromatic carbocycles. The monoisotopic (exact) mass is 378 g/mol. The van der Waals surface area contributed by atoms with E-state index < -0.39 is 10.5 Å². The van der Waals surface area contributed by atoms with Crippen LogP contribution < -0.4 is 4.74 Å². The van der Waals surface area contributed by atoms with Crippen LogP contribution in [0.15, 0.2) is 48.5 Å². The SMILES string of the molecule is COc1cccc(C2(O)CCCN(Cc3ccc([N+](=O)[O-])cc3)C2)c1.Cl. The first kappa shape index (κ1) is 20.2. The molecule has 1 N–H and O–H groups in total. The van der Waals surface area contributed by atoms with E-state index in [4.69, 9.17) is 4.74 Å². The summed E-state index contributed by atoms with van der Waals surface area (Å²) in [5.41, 5.74) is 1.05. The number of nitro benzene ring substituents is 1. The lowest BCUT2D eigenvalue weighted by atomic mass is 9.85. The minimum atomic E-state index is -0.909. The predicted octanol–water partition coefficient (Wildman–Crippen LogP) is 3.51. The van der Waals surface area contributed by atoms with Gasteiger partial charge in [0.15, 0.2) is 0 Å². The summed E-state index contributed by atoms with van der Waals surface area (Å²) < 4.78 is 5.26. The van der Waals surface area contributed by atoms with Crippen molar-refractivity contribution in [2.24, 2.45) is 0 Å². The maximum absolute atomic E-state index is 11.1. The van der Waals surface area contributed by atoms with E-state index >= 15 is 0 Å². The van der Waals surface area contributed by atoms with Gasteiger partial charge in [-0.15, -0.1) is 12.4 Å². The Bertz CT molecular complexity index is 753. The van der Waals surface area contributed by atoms with E-state index in [1.807, 2.05) is 24.3 Å². The molecule has 1 saturated heterocycles. The molecule has 1 heterocycles. The molecule has 0 bridgehead atoms. The number of ether oxygens (including phenoxy) is 1. The number of piperidine rings is 1. The van der Waals surface area contributed by atoms with Gasteiger partial charge in [-0.1, -0.05) is 24.3 Å². The maximum atomic E-state index is 11.1. The Kier molecular flexibility index (Phi) is 6.58. The van der Waals surface area contributed by atoms with E-state index in [0.717, 1.165) is 29.8 Å². The highest BCUT2D eigenvalue weighted by Crippen LogP contribution is 2.33. The molecule has 1 unspecified atom stereocenters. The zero-order chi connectivity index (χ0) is 17.9. The van der Waals surface area contributed by atoms with Crippen molar-refractivity contribution in [3.8, 4) is 5.75 Å². The molecule has 1 aliphatic heterocycles. The standard InChI is InChI=1S/C19H22N2O4.ClH/c1-25-18-5-2-4-16(12-18)19(22)10-3-11-20(14-19)13-15-6-8-17(9-7-15)21(23)24;/h2,4-9,12,22H,3,10-11,13-14H2,1H3;1H. The van der Waals surface area contributed by atoms with Crippen LogP contribution in [-0.4, -0.2) is 35.1 Å². The minimum Gasteiger partial charge on any atom is -0.497 e. The third kappa shape index (κ3) is 4.52. The lowest BCUT2D eigenvalue weighted by molar-refractivity contribution is -0.384. The normalized spacial score (nSPS) is 20.2. The van der Waals surface area contributed by atoms with Crippen LogP contribution in [0.4, 0.5) is 5.69 Å². The number of nitrogens with zero attached hydrogens (tertiary/aromatic N) is 2. The highest BCUT2D eigenvalue weighted by Gasteiger charge is 2.35. The van der Waals surface area contributed by atoms with Crippen LogP contribution in [-0.2, 0) is 12.1 Å². The second-order valence-corrected chi connectivity index (χ2v) is 6.50. The van der Waals surface area contributed by atoms with E-state index in [0.29, 0.717) is 19.5 Å². The van der Waals surface area contributed by atoms with Gasteiger partial charge >= 0.3 is 0 Å². The third-order valence-corrected chi connectivity index (χ3v) is 4.71. The van der Waals surface area contributed by atoms with Gasteiger partial charge in [0.1, 0.15) is 11.4 Å². The molecule has 0 saturated carbocycles. The van der Waals surface area contributed by atoms with Gasteiger partial charge in [-0.2, -0.15) is 0 Å². The van der Waals surface area contributed by atoms with E-state index in [2.05, 4.69) is 4.90 Å². The van der Waals surface area contributed by atoms with E-state index in [-0.39, 0.29) is 18.1 Å². The van der Waals surface area contributed by atoms with Crippen molar-refractivity contribution >= 4 is 18.1 Å². The number of nitro groups is 1. The molecule has 0 radical (unpaired) electrons. The van der Waals surface area contributed by atoms with Crippen LogP contribution >= 0.6 is 12.4 Å². The summed E-state index contributed by atoms with van der Waals surface area (Å²) in [4.78, 5) is 12.5. The number of benzene rings is 2. The number of rotatable bonds is 5. The zero-order valence-corrected chi connectivity index (χ0v) is 15.4. The molecule has 0 aliphatic carbocycles. The van der Waals surface area contributed by atoms with Crippen LogP contribution in [0.3, 0.4) is 0 Å². The number of halogens is 1.